The highest BCUT2D eigenvalue weighted by atomic mass is 16.5. The zero-order valence-electron chi connectivity index (χ0n) is 25.6. The van der Waals surface area contributed by atoms with Crippen LogP contribution in [0, 0.1) is 40.4 Å². The van der Waals surface area contributed by atoms with Crippen molar-refractivity contribution in [2.24, 2.45) is 51.9 Å². The van der Waals surface area contributed by atoms with Crippen LogP contribution >= 0.6 is 0 Å². The lowest BCUT2D eigenvalue weighted by Gasteiger charge is -2.68. The third-order valence-electron chi connectivity index (χ3n) is 12.8. The van der Waals surface area contributed by atoms with Crippen LogP contribution in [0.4, 0.5) is 0 Å². The van der Waals surface area contributed by atoms with E-state index in [4.69, 9.17) is 16.2 Å². The van der Waals surface area contributed by atoms with Gasteiger partial charge in [0.1, 0.15) is 6.10 Å². The number of ether oxygens (including phenoxy) is 1. The molecule has 230 valence electrons. The number of aliphatic carboxylic acids is 1. The van der Waals surface area contributed by atoms with Crippen molar-refractivity contribution in [3.8, 4) is 0 Å². The molecule has 5 fully saturated rings. The summed E-state index contributed by atoms with van der Waals surface area (Å²) in [7, 11) is 0. The van der Waals surface area contributed by atoms with Crippen LogP contribution in [0.25, 0.3) is 0 Å². The van der Waals surface area contributed by atoms with Gasteiger partial charge in [-0.1, -0.05) is 25.0 Å². The van der Waals surface area contributed by atoms with Crippen molar-refractivity contribution in [3.05, 3.63) is 22.3 Å². The Balaban J connectivity index is 1.63. The minimum atomic E-state index is -0.952. The summed E-state index contributed by atoms with van der Waals surface area (Å²) in [6.45, 7) is 10.3. The number of nitrogens with two attached hydrogens (primary N) is 2. The fourth-order valence-electron chi connectivity index (χ4n) is 10.9. The van der Waals surface area contributed by atoms with Gasteiger partial charge in [0.15, 0.2) is 0 Å². The lowest BCUT2D eigenvalue weighted by atomic mass is 9.39. The molecule has 0 aromatic heterocycles. The largest absolute Gasteiger partial charge is 0.478 e. The number of rotatable bonds is 4. The third-order valence-corrected chi connectivity index (χ3v) is 12.8. The van der Waals surface area contributed by atoms with Gasteiger partial charge in [0.05, 0.1) is 12.2 Å². The minimum Gasteiger partial charge on any atom is -0.478 e. The molecule has 5 aliphatic rings. The second-order valence-electron chi connectivity index (χ2n) is 14.8. The molecule has 0 aromatic rings. The van der Waals surface area contributed by atoms with Crippen LogP contribution < -0.4 is 11.5 Å². The van der Waals surface area contributed by atoms with Crippen LogP contribution in [0.2, 0.25) is 0 Å². The first-order valence-corrected chi connectivity index (χ1v) is 15.8. The Morgan fingerprint density at radius 1 is 1.05 bits per heavy atom. The van der Waals surface area contributed by atoms with E-state index in [0.717, 1.165) is 32.1 Å². The number of allylic oxidation sites excluding steroid dienone is 2. The van der Waals surface area contributed by atoms with Gasteiger partial charge in [0.25, 0.3) is 0 Å². The maximum Gasteiger partial charge on any atom is 0.331 e. The molecule has 0 aliphatic heterocycles. The van der Waals surface area contributed by atoms with E-state index in [0.29, 0.717) is 49.8 Å². The van der Waals surface area contributed by atoms with Crippen molar-refractivity contribution in [3.63, 3.8) is 0 Å². The van der Waals surface area contributed by atoms with E-state index < -0.39 is 41.2 Å². The Kier molecular flexibility index (Phi) is 8.06. The van der Waals surface area contributed by atoms with Gasteiger partial charge in [-0.15, -0.1) is 0 Å². The van der Waals surface area contributed by atoms with E-state index in [1.165, 1.54) is 18.1 Å². The molecule has 0 aromatic carbocycles. The molecule has 11 atom stereocenters. The third kappa shape index (κ3) is 4.63. The number of carboxylic acid groups (broad SMARTS) is 1. The van der Waals surface area contributed by atoms with Crippen LogP contribution in [-0.2, 0) is 14.3 Å². The van der Waals surface area contributed by atoms with E-state index in [2.05, 4.69) is 27.7 Å². The van der Waals surface area contributed by atoms with Gasteiger partial charge in [-0.2, -0.15) is 0 Å². The SMILES string of the molecule is CC(=O)O[C@H]1C[C@@]2(C)[C@@H](C[C@@H](O)[C@H]3[C@@]4(C)CC[C@@H](O)[C@@H](CN)[C@@H]4CC[C@@]32N)/C1=C(/C(=O)O)C1CCCC(=C(C)C)C1. The number of carbonyl (C=O) groups is 2. The van der Waals surface area contributed by atoms with Gasteiger partial charge >= 0.3 is 11.9 Å². The fraction of sp³-hybridized carbons (Fsp3) is 0.818. The van der Waals surface area contributed by atoms with E-state index in [1.807, 2.05) is 0 Å². The molecule has 0 heterocycles. The summed E-state index contributed by atoms with van der Waals surface area (Å²) >= 11 is 0. The molecule has 41 heavy (non-hydrogen) atoms. The van der Waals surface area contributed by atoms with Crippen molar-refractivity contribution in [2.75, 3.05) is 6.54 Å². The van der Waals surface area contributed by atoms with Gasteiger partial charge < -0.3 is 31.5 Å². The van der Waals surface area contributed by atoms with Gasteiger partial charge in [-0.25, -0.2) is 4.79 Å². The van der Waals surface area contributed by atoms with Crippen molar-refractivity contribution in [1.82, 2.24) is 0 Å². The number of hydrogen-bond acceptors (Lipinski definition) is 7. The first-order chi connectivity index (χ1) is 19.2. The average molecular weight is 573 g/mol. The molecule has 0 spiro atoms. The molecule has 0 bridgehead atoms. The van der Waals surface area contributed by atoms with Gasteiger partial charge in [-0.05, 0) is 119 Å². The molecular formula is C33H52N2O6. The summed E-state index contributed by atoms with van der Waals surface area (Å²) in [6.07, 6.45) is 5.23. The first-order valence-electron chi connectivity index (χ1n) is 15.8. The van der Waals surface area contributed by atoms with Gasteiger partial charge in [0.2, 0.25) is 0 Å². The summed E-state index contributed by atoms with van der Waals surface area (Å²) in [5.41, 5.74) is 15.7. The van der Waals surface area contributed by atoms with Gasteiger partial charge in [0, 0.05) is 29.9 Å². The molecule has 5 saturated carbocycles. The lowest BCUT2D eigenvalue weighted by Crippen LogP contribution is -2.74. The van der Waals surface area contributed by atoms with E-state index in [9.17, 15) is 24.9 Å². The Labute approximate surface area is 245 Å². The zero-order chi connectivity index (χ0) is 30.1. The molecule has 7 N–H and O–H groups in total. The predicted molar refractivity (Wildman–Crippen MR) is 156 cm³/mol. The molecule has 1 unspecified atom stereocenters. The first kappa shape index (κ1) is 30.7. The molecule has 8 heteroatoms. The monoisotopic (exact) mass is 572 g/mol. The minimum absolute atomic E-state index is 0.0296. The maximum atomic E-state index is 13.1. The summed E-state index contributed by atoms with van der Waals surface area (Å²) in [5.74, 6) is -1.94. The molecule has 0 radical (unpaired) electrons. The number of fused-ring (bicyclic) bond motifs is 5. The topological polar surface area (TPSA) is 156 Å². The Bertz CT molecular complexity index is 1140. The average Bonchev–Trinajstić information content (AvgIpc) is 3.16. The second-order valence-corrected chi connectivity index (χ2v) is 14.8. The molecule has 0 saturated heterocycles. The number of esters is 1. The Hall–Kier alpha value is -1.74. The van der Waals surface area contributed by atoms with Crippen LogP contribution in [0.15, 0.2) is 22.3 Å². The number of aliphatic hydroxyl groups is 2. The van der Waals surface area contributed by atoms with Crippen LogP contribution in [-0.4, -0.2) is 57.7 Å². The van der Waals surface area contributed by atoms with Crippen LogP contribution in [0.3, 0.4) is 0 Å². The van der Waals surface area contributed by atoms with Crippen molar-refractivity contribution in [1.29, 1.82) is 0 Å². The van der Waals surface area contributed by atoms with Crippen molar-refractivity contribution < 1.29 is 29.6 Å². The number of carbonyl (C=O) groups excluding carboxylic acids is 1. The predicted octanol–water partition coefficient (Wildman–Crippen LogP) is 4.08. The van der Waals surface area contributed by atoms with Crippen molar-refractivity contribution >= 4 is 11.9 Å². The number of carboxylic acids is 1. The quantitative estimate of drug-likeness (QED) is 0.192. The fourth-order valence-corrected chi connectivity index (χ4v) is 10.9. The lowest BCUT2D eigenvalue weighted by molar-refractivity contribution is -0.202. The highest BCUT2D eigenvalue weighted by molar-refractivity contribution is 5.89. The normalized spacial score (nSPS) is 47.1. The Morgan fingerprint density at radius 3 is 2.37 bits per heavy atom. The van der Waals surface area contributed by atoms with E-state index >= 15 is 0 Å². The highest BCUT2D eigenvalue weighted by Crippen LogP contribution is 2.70. The smallest absolute Gasteiger partial charge is 0.331 e. The number of aliphatic hydroxyl groups excluding tert-OH is 2. The summed E-state index contributed by atoms with van der Waals surface area (Å²) in [5, 5.41) is 33.6. The van der Waals surface area contributed by atoms with Crippen molar-refractivity contribution in [2.45, 2.75) is 123 Å². The summed E-state index contributed by atoms with van der Waals surface area (Å²) < 4.78 is 5.96. The van der Waals surface area contributed by atoms with Crippen LogP contribution in [0.5, 0.6) is 0 Å². The molecule has 8 nitrogen and oxygen atoms in total. The maximum absolute atomic E-state index is 13.1. The summed E-state index contributed by atoms with van der Waals surface area (Å²) in [6, 6.07) is 0. The van der Waals surface area contributed by atoms with Crippen LogP contribution in [0.1, 0.15) is 98.8 Å². The number of hydrogen-bond donors (Lipinski definition) is 5. The molecular weight excluding hydrogens is 520 g/mol. The molecule has 0 amide bonds. The van der Waals surface area contributed by atoms with E-state index in [-0.39, 0.29) is 35.0 Å². The second kappa shape index (κ2) is 10.8. The molecule has 5 aliphatic carbocycles. The standard InChI is InChI=1S/C33H52N2O6/c1-17(2)19-7-6-8-20(13-19)27(30(39)40)28-23-14-25(38)29-31(4)11-10-24(37)21(16-34)22(31)9-12-33(29,35)32(23,5)15-26(28)41-18(3)36/h20-26,29,37-38H,6-16,34-35H2,1-5H3,(H,39,40)/b28-27-/t20?,21-,22-,23-,24+,25+,26-,29-,31-,32-,33+/m0/s1. The van der Waals surface area contributed by atoms with Gasteiger partial charge in [-0.3, -0.25) is 4.79 Å². The Morgan fingerprint density at radius 2 is 1.76 bits per heavy atom. The molecule has 5 rings (SSSR count). The van der Waals surface area contributed by atoms with E-state index in [1.54, 1.807) is 0 Å². The zero-order valence-corrected chi connectivity index (χ0v) is 25.6. The highest BCUT2D eigenvalue weighted by Gasteiger charge is 2.71. The summed E-state index contributed by atoms with van der Waals surface area (Å²) in [4.78, 5) is 25.5.